The summed E-state index contributed by atoms with van der Waals surface area (Å²) in [6.07, 6.45) is 2.24. The van der Waals surface area contributed by atoms with E-state index in [2.05, 4.69) is 31.1 Å². The van der Waals surface area contributed by atoms with Gasteiger partial charge >= 0.3 is 6.03 Å². The summed E-state index contributed by atoms with van der Waals surface area (Å²) in [6.45, 7) is 7.53. The molecular formula is C25H34FN3O2. The first-order valence-corrected chi connectivity index (χ1v) is 11.1. The molecule has 1 fully saturated rings. The Bertz CT molecular complexity index is 824. The summed E-state index contributed by atoms with van der Waals surface area (Å²) in [6, 6.07) is 14.4. The highest BCUT2D eigenvalue weighted by molar-refractivity contribution is 5.74. The summed E-state index contributed by atoms with van der Waals surface area (Å²) in [5.41, 5.74) is 1.94. The van der Waals surface area contributed by atoms with Crippen LogP contribution in [0.2, 0.25) is 0 Å². The number of likely N-dealkylation sites (N-methyl/N-ethyl adjacent to an activating group) is 1. The zero-order valence-electron chi connectivity index (χ0n) is 18.8. The molecule has 0 radical (unpaired) electrons. The van der Waals surface area contributed by atoms with E-state index in [9.17, 15) is 9.18 Å². The molecule has 0 unspecified atom stereocenters. The maximum atomic E-state index is 13.3. The number of nitrogens with one attached hydrogen (secondary N) is 1. The summed E-state index contributed by atoms with van der Waals surface area (Å²) < 4.78 is 19.0. The van der Waals surface area contributed by atoms with Gasteiger partial charge in [-0.15, -0.1) is 0 Å². The number of ether oxygens (including phenoxy) is 1. The van der Waals surface area contributed by atoms with Gasteiger partial charge in [-0.2, -0.15) is 0 Å². The molecule has 0 aliphatic carbocycles. The number of amides is 2. The van der Waals surface area contributed by atoms with Gasteiger partial charge in [0.2, 0.25) is 0 Å². The molecule has 6 heteroatoms. The van der Waals surface area contributed by atoms with Gasteiger partial charge in [0.1, 0.15) is 11.6 Å². The van der Waals surface area contributed by atoms with Gasteiger partial charge in [-0.25, -0.2) is 9.18 Å². The fraction of sp³-hybridized carbons (Fsp3) is 0.480. The molecule has 2 amide bonds. The van der Waals surface area contributed by atoms with Crippen molar-refractivity contribution in [2.45, 2.75) is 45.8 Å². The molecule has 1 N–H and O–H groups in total. The van der Waals surface area contributed by atoms with E-state index in [0.29, 0.717) is 38.2 Å². The molecular weight excluding hydrogens is 393 g/mol. The number of benzene rings is 2. The van der Waals surface area contributed by atoms with Gasteiger partial charge in [0, 0.05) is 25.7 Å². The first-order valence-electron chi connectivity index (χ1n) is 11.1. The average Bonchev–Trinajstić information content (AvgIpc) is 3.16. The van der Waals surface area contributed by atoms with E-state index in [1.54, 1.807) is 12.1 Å². The van der Waals surface area contributed by atoms with E-state index in [0.717, 1.165) is 36.3 Å². The van der Waals surface area contributed by atoms with Crippen LogP contribution in [0.25, 0.3) is 0 Å². The van der Waals surface area contributed by atoms with Crippen molar-refractivity contribution >= 4 is 6.03 Å². The van der Waals surface area contributed by atoms with Crippen LogP contribution in [0.1, 0.15) is 37.8 Å². The molecule has 1 heterocycles. The van der Waals surface area contributed by atoms with Gasteiger partial charge in [-0.1, -0.05) is 38.1 Å². The summed E-state index contributed by atoms with van der Waals surface area (Å²) in [7, 11) is 2.11. The minimum Gasteiger partial charge on any atom is -0.493 e. The third-order valence-electron chi connectivity index (χ3n) is 5.63. The van der Waals surface area contributed by atoms with E-state index < -0.39 is 0 Å². The Morgan fingerprint density at radius 3 is 2.45 bits per heavy atom. The quantitative estimate of drug-likeness (QED) is 0.633. The second-order valence-corrected chi connectivity index (χ2v) is 8.79. The Morgan fingerprint density at radius 1 is 1.16 bits per heavy atom. The number of hydrogen-bond donors (Lipinski definition) is 1. The normalized spacial score (nSPS) is 16.5. The van der Waals surface area contributed by atoms with Gasteiger partial charge in [0.05, 0.1) is 6.61 Å². The topological polar surface area (TPSA) is 44.8 Å². The van der Waals surface area contributed by atoms with Crippen molar-refractivity contribution in [1.82, 2.24) is 15.1 Å². The molecule has 1 aliphatic heterocycles. The molecule has 168 valence electrons. The fourth-order valence-corrected chi connectivity index (χ4v) is 3.75. The zero-order valence-corrected chi connectivity index (χ0v) is 18.8. The van der Waals surface area contributed by atoms with Crippen LogP contribution in [0.4, 0.5) is 9.18 Å². The maximum Gasteiger partial charge on any atom is 0.318 e. The predicted molar refractivity (Wildman–Crippen MR) is 121 cm³/mol. The van der Waals surface area contributed by atoms with E-state index in [-0.39, 0.29) is 11.8 Å². The molecule has 1 aliphatic rings. The number of carbonyl (C=O) groups excluding carboxylic acids is 1. The SMILES string of the molecule is CC(C)COc1ccc(CNC(=O)N(Cc2ccc(F)cc2)C[C@@H]2CCCN2C)cc1. The van der Waals surface area contributed by atoms with Crippen molar-refractivity contribution in [2.24, 2.45) is 5.92 Å². The number of nitrogens with zero attached hydrogens (tertiary/aromatic N) is 2. The van der Waals surface area contributed by atoms with Crippen LogP contribution in [0.5, 0.6) is 5.75 Å². The van der Waals surface area contributed by atoms with Crippen molar-refractivity contribution in [3.63, 3.8) is 0 Å². The third kappa shape index (κ3) is 7.24. The van der Waals surface area contributed by atoms with Crippen molar-refractivity contribution in [1.29, 1.82) is 0 Å². The minimum absolute atomic E-state index is 0.107. The van der Waals surface area contributed by atoms with Crippen LogP contribution in [0.3, 0.4) is 0 Å². The molecule has 1 atom stereocenters. The average molecular weight is 428 g/mol. The maximum absolute atomic E-state index is 13.3. The highest BCUT2D eigenvalue weighted by atomic mass is 19.1. The second-order valence-electron chi connectivity index (χ2n) is 8.79. The summed E-state index contributed by atoms with van der Waals surface area (Å²) >= 11 is 0. The van der Waals surface area contributed by atoms with Crippen LogP contribution in [0, 0.1) is 11.7 Å². The lowest BCUT2D eigenvalue weighted by Gasteiger charge is -2.29. The number of halogens is 1. The molecule has 0 aromatic heterocycles. The largest absolute Gasteiger partial charge is 0.493 e. The number of carbonyl (C=O) groups is 1. The van der Waals surface area contributed by atoms with Gasteiger partial charge in [-0.3, -0.25) is 0 Å². The van der Waals surface area contributed by atoms with Gasteiger partial charge < -0.3 is 19.9 Å². The number of likely N-dealkylation sites (tertiary alicyclic amines) is 1. The van der Waals surface area contributed by atoms with Gasteiger partial charge in [0.15, 0.2) is 0 Å². The van der Waals surface area contributed by atoms with E-state index >= 15 is 0 Å². The highest BCUT2D eigenvalue weighted by Gasteiger charge is 2.25. The van der Waals surface area contributed by atoms with Crippen molar-refractivity contribution in [3.8, 4) is 5.75 Å². The van der Waals surface area contributed by atoms with Crippen LogP contribution in [0.15, 0.2) is 48.5 Å². The van der Waals surface area contributed by atoms with Crippen LogP contribution in [-0.2, 0) is 13.1 Å². The summed E-state index contributed by atoms with van der Waals surface area (Å²) in [4.78, 5) is 17.2. The zero-order chi connectivity index (χ0) is 22.2. The molecule has 3 rings (SSSR count). The Hall–Kier alpha value is -2.60. The molecule has 5 nitrogen and oxygen atoms in total. The Labute approximate surface area is 185 Å². The third-order valence-corrected chi connectivity index (χ3v) is 5.63. The monoisotopic (exact) mass is 427 g/mol. The second kappa shape index (κ2) is 11.1. The highest BCUT2D eigenvalue weighted by Crippen LogP contribution is 2.18. The summed E-state index contributed by atoms with van der Waals surface area (Å²) in [5, 5.41) is 3.04. The molecule has 2 aromatic carbocycles. The lowest BCUT2D eigenvalue weighted by molar-refractivity contribution is 0.172. The standard InChI is InChI=1S/C25H34FN3O2/c1-19(2)18-31-24-12-8-20(9-13-24)15-27-25(30)29(17-23-5-4-14-28(23)3)16-21-6-10-22(26)11-7-21/h6-13,19,23H,4-5,14-18H2,1-3H3,(H,27,30)/t23-/m0/s1. The smallest absolute Gasteiger partial charge is 0.318 e. The molecule has 31 heavy (non-hydrogen) atoms. The predicted octanol–water partition coefficient (Wildman–Crippen LogP) is 4.67. The van der Waals surface area contributed by atoms with Crippen LogP contribution >= 0.6 is 0 Å². The Balaban J connectivity index is 1.59. The first-order chi connectivity index (χ1) is 14.9. The van der Waals surface area contributed by atoms with E-state index in [4.69, 9.17) is 4.74 Å². The summed E-state index contributed by atoms with van der Waals surface area (Å²) in [5.74, 6) is 1.05. The van der Waals surface area contributed by atoms with E-state index in [1.165, 1.54) is 12.1 Å². The Kier molecular flexibility index (Phi) is 8.29. The van der Waals surface area contributed by atoms with Crippen LogP contribution < -0.4 is 10.1 Å². The van der Waals surface area contributed by atoms with Crippen molar-refractivity contribution in [2.75, 3.05) is 26.7 Å². The van der Waals surface area contributed by atoms with Crippen molar-refractivity contribution in [3.05, 3.63) is 65.5 Å². The fourth-order valence-electron chi connectivity index (χ4n) is 3.75. The molecule has 0 spiro atoms. The Morgan fingerprint density at radius 2 is 1.84 bits per heavy atom. The lowest BCUT2D eigenvalue weighted by atomic mass is 10.1. The molecule has 1 saturated heterocycles. The number of urea groups is 1. The molecule has 0 saturated carbocycles. The number of hydrogen-bond acceptors (Lipinski definition) is 3. The lowest BCUT2D eigenvalue weighted by Crippen LogP contribution is -2.45. The minimum atomic E-state index is -0.268. The van der Waals surface area contributed by atoms with Crippen LogP contribution in [-0.4, -0.2) is 48.6 Å². The van der Waals surface area contributed by atoms with Gasteiger partial charge in [0.25, 0.3) is 0 Å². The first kappa shape index (κ1) is 23.1. The molecule has 0 bridgehead atoms. The van der Waals surface area contributed by atoms with E-state index in [1.807, 2.05) is 29.2 Å². The number of rotatable bonds is 9. The van der Waals surface area contributed by atoms with Gasteiger partial charge in [-0.05, 0) is 67.7 Å². The van der Waals surface area contributed by atoms with Crippen molar-refractivity contribution < 1.29 is 13.9 Å². The molecule has 2 aromatic rings.